The molecule has 6 rings (SSSR count). The zero-order chi connectivity index (χ0) is 31.7. The van der Waals surface area contributed by atoms with Crippen LogP contribution in [-0.2, 0) is 16.1 Å². The standard InChI is InChI=1S/C35H28Br2N2O5S/c1-4-43-34(41)30-20(2)38-35-39(31(30)23-12-14-25(36)15-13-23)33(40)29(45-35)18-21-16-27(37)32(28(17-21)42-3)44-19-24-10-7-9-22-8-5-6-11-26(22)24/h5-18,31H,4,19H2,1-3H3/b29-18-/t31-/m0/s1. The van der Waals surface area contributed by atoms with Crippen LogP contribution in [0.25, 0.3) is 16.8 Å². The number of thiazole rings is 1. The molecule has 0 amide bonds. The summed E-state index contributed by atoms with van der Waals surface area (Å²) < 4.78 is 21.0. The van der Waals surface area contributed by atoms with Crippen LogP contribution in [0.2, 0.25) is 0 Å². The van der Waals surface area contributed by atoms with Crippen LogP contribution in [0.1, 0.15) is 36.6 Å². The number of halogens is 2. The van der Waals surface area contributed by atoms with Gasteiger partial charge in [0.05, 0.1) is 40.0 Å². The normalized spacial score (nSPS) is 14.7. The van der Waals surface area contributed by atoms with E-state index in [1.165, 1.54) is 11.3 Å². The largest absolute Gasteiger partial charge is 0.493 e. The smallest absolute Gasteiger partial charge is 0.338 e. The quantitative estimate of drug-likeness (QED) is 0.159. The van der Waals surface area contributed by atoms with Crippen molar-refractivity contribution in [2.75, 3.05) is 13.7 Å². The molecule has 2 heterocycles. The topological polar surface area (TPSA) is 79.1 Å². The van der Waals surface area contributed by atoms with E-state index in [0.717, 1.165) is 31.9 Å². The van der Waals surface area contributed by atoms with Gasteiger partial charge in [-0.3, -0.25) is 9.36 Å². The lowest BCUT2D eigenvalue weighted by Crippen LogP contribution is -2.39. The summed E-state index contributed by atoms with van der Waals surface area (Å²) in [5.74, 6) is 0.597. The third kappa shape index (κ3) is 6.14. The number of hydrogen-bond acceptors (Lipinski definition) is 7. The first kappa shape index (κ1) is 31.0. The van der Waals surface area contributed by atoms with Gasteiger partial charge in [-0.05, 0) is 87.6 Å². The van der Waals surface area contributed by atoms with E-state index in [0.29, 0.717) is 43.2 Å². The number of allylic oxidation sites excluding steroid dienone is 1. The molecule has 0 saturated heterocycles. The molecule has 0 fully saturated rings. The molecule has 0 aliphatic carbocycles. The Bertz CT molecular complexity index is 2150. The first-order valence-corrected chi connectivity index (χ1v) is 16.6. The van der Waals surface area contributed by atoms with E-state index < -0.39 is 12.0 Å². The summed E-state index contributed by atoms with van der Waals surface area (Å²) in [5.41, 5.74) is 3.18. The van der Waals surface area contributed by atoms with Crippen LogP contribution in [0.3, 0.4) is 0 Å². The molecule has 0 spiro atoms. The molecule has 0 radical (unpaired) electrons. The van der Waals surface area contributed by atoms with Crippen LogP contribution in [0.5, 0.6) is 11.5 Å². The number of aromatic nitrogens is 1. The van der Waals surface area contributed by atoms with E-state index in [1.54, 1.807) is 31.6 Å². The van der Waals surface area contributed by atoms with E-state index in [9.17, 15) is 9.59 Å². The van der Waals surface area contributed by atoms with Gasteiger partial charge in [0, 0.05) is 4.47 Å². The van der Waals surface area contributed by atoms with E-state index >= 15 is 0 Å². The minimum Gasteiger partial charge on any atom is -0.493 e. The third-order valence-corrected chi connectivity index (χ3v) is 9.60. The Kier molecular flexibility index (Phi) is 9.07. The molecule has 0 N–H and O–H groups in total. The molecular formula is C35H28Br2N2O5S. The lowest BCUT2D eigenvalue weighted by atomic mass is 9.96. The Labute approximate surface area is 280 Å². The van der Waals surface area contributed by atoms with E-state index in [-0.39, 0.29) is 12.2 Å². The van der Waals surface area contributed by atoms with E-state index in [2.05, 4.69) is 55.1 Å². The van der Waals surface area contributed by atoms with E-state index in [4.69, 9.17) is 14.2 Å². The SMILES string of the molecule is CCOC(=O)C1=C(C)N=c2s/c(=C\c3cc(Br)c(OCc4cccc5ccccc45)c(OC)c3)c(=O)n2[C@H]1c1ccc(Br)cc1. The number of carbonyl (C=O) groups is 1. The minimum absolute atomic E-state index is 0.214. The predicted molar refractivity (Wildman–Crippen MR) is 184 cm³/mol. The van der Waals surface area contributed by atoms with Gasteiger partial charge in [-0.2, -0.15) is 0 Å². The zero-order valence-corrected chi connectivity index (χ0v) is 28.7. The molecule has 1 atom stereocenters. The Morgan fingerprint density at radius 2 is 1.80 bits per heavy atom. The van der Waals surface area contributed by atoms with Gasteiger partial charge >= 0.3 is 5.97 Å². The maximum absolute atomic E-state index is 14.0. The van der Waals surface area contributed by atoms with Crippen molar-refractivity contribution < 1.29 is 19.0 Å². The fourth-order valence-corrected chi connectivity index (χ4v) is 7.32. The second kappa shape index (κ2) is 13.2. The highest BCUT2D eigenvalue weighted by Gasteiger charge is 2.33. The molecule has 0 bridgehead atoms. The lowest BCUT2D eigenvalue weighted by Gasteiger charge is -2.24. The predicted octanol–water partition coefficient (Wildman–Crippen LogP) is 7.06. The minimum atomic E-state index is -0.679. The molecule has 0 unspecified atom stereocenters. The summed E-state index contributed by atoms with van der Waals surface area (Å²) in [7, 11) is 1.59. The van der Waals surface area contributed by atoms with Gasteiger partial charge in [0.1, 0.15) is 6.61 Å². The molecule has 7 nitrogen and oxygen atoms in total. The summed E-state index contributed by atoms with van der Waals surface area (Å²) in [6.07, 6.45) is 1.80. The number of esters is 1. The van der Waals surface area contributed by atoms with Crippen molar-refractivity contribution in [3.05, 3.63) is 135 Å². The van der Waals surface area contributed by atoms with Crippen LogP contribution in [-0.4, -0.2) is 24.3 Å². The number of nitrogens with zero attached hydrogens (tertiary/aromatic N) is 2. The third-order valence-electron chi connectivity index (χ3n) is 7.50. The van der Waals surface area contributed by atoms with Gasteiger partial charge in [-0.25, -0.2) is 9.79 Å². The van der Waals surface area contributed by atoms with Crippen molar-refractivity contribution in [2.45, 2.75) is 26.5 Å². The molecule has 1 aliphatic heterocycles. The van der Waals surface area contributed by atoms with Crippen LogP contribution >= 0.6 is 43.2 Å². The first-order valence-electron chi connectivity index (χ1n) is 14.2. The zero-order valence-electron chi connectivity index (χ0n) is 24.7. The number of rotatable bonds is 8. The van der Waals surface area contributed by atoms with Crippen LogP contribution in [0, 0.1) is 0 Å². The molecule has 1 aromatic heterocycles. The summed E-state index contributed by atoms with van der Waals surface area (Å²) >= 11 is 8.40. The second-order valence-electron chi connectivity index (χ2n) is 10.3. The van der Waals surface area contributed by atoms with Crippen LogP contribution < -0.4 is 24.4 Å². The summed E-state index contributed by atoms with van der Waals surface area (Å²) in [6.45, 7) is 4.09. The van der Waals surface area contributed by atoms with Crippen LogP contribution in [0.15, 0.2) is 109 Å². The Hall–Kier alpha value is -3.99. The van der Waals surface area contributed by atoms with Gasteiger partial charge in [0.15, 0.2) is 16.3 Å². The van der Waals surface area contributed by atoms with Gasteiger partial charge in [0.2, 0.25) is 0 Å². The molecule has 10 heteroatoms. The average Bonchev–Trinajstić information content (AvgIpc) is 3.33. The molecule has 45 heavy (non-hydrogen) atoms. The molecule has 228 valence electrons. The fraction of sp³-hybridized carbons (Fsp3) is 0.171. The number of ether oxygens (including phenoxy) is 3. The van der Waals surface area contributed by atoms with Crippen molar-refractivity contribution in [1.29, 1.82) is 0 Å². The molecule has 0 saturated carbocycles. The Morgan fingerprint density at radius 1 is 1.04 bits per heavy atom. The average molecular weight is 748 g/mol. The maximum Gasteiger partial charge on any atom is 0.338 e. The van der Waals surface area contributed by atoms with Crippen molar-refractivity contribution in [3.63, 3.8) is 0 Å². The Balaban J connectivity index is 1.39. The summed E-state index contributed by atoms with van der Waals surface area (Å²) in [4.78, 5) is 32.3. The van der Waals surface area contributed by atoms with Gasteiger partial charge in [-0.1, -0.05) is 81.9 Å². The molecule has 4 aromatic carbocycles. The number of carbonyl (C=O) groups excluding carboxylic acids is 1. The van der Waals surface area contributed by atoms with Gasteiger partial charge < -0.3 is 14.2 Å². The van der Waals surface area contributed by atoms with Crippen molar-refractivity contribution in [1.82, 2.24) is 4.57 Å². The fourth-order valence-electron chi connectivity index (χ4n) is 5.43. The number of methoxy groups -OCH3 is 1. The van der Waals surface area contributed by atoms with E-state index in [1.807, 2.05) is 60.7 Å². The van der Waals surface area contributed by atoms with Crippen molar-refractivity contribution >= 4 is 66.0 Å². The highest BCUT2D eigenvalue weighted by atomic mass is 79.9. The molecule has 5 aromatic rings. The van der Waals surface area contributed by atoms with Crippen molar-refractivity contribution in [3.8, 4) is 11.5 Å². The number of benzene rings is 4. The van der Waals surface area contributed by atoms with Crippen LogP contribution in [0.4, 0.5) is 0 Å². The maximum atomic E-state index is 14.0. The summed E-state index contributed by atoms with van der Waals surface area (Å²) in [5, 5.41) is 2.28. The molecule has 1 aliphatic rings. The summed E-state index contributed by atoms with van der Waals surface area (Å²) in [6, 6.07) is 24.9. The lowest BCUT2D eigenvalue weighted by molar-refractivity contribution is -0.139. The Morgan fingerprint density at radius 3 is 2.56 bits per heavy atom. The van der Waals surface area contributed by atoms with Gasteiger partial charge in [0.25, 0.3) is 5.56 Å². The molecular weight excluding hydrogens is 720 g/mol. The highest BCUT2D eigenvalue weighted by molar-refractivity contribution is 9.10. The van der Waals surface area contributed by atoms with Gasteiger partial charge in [-0.15, -0.1) is 0 Å². The number of hydrogen-bond donors (Lipinski definition) is 0. The monoisotopic (exact) mass is 746 g/mol. The highest BCUT2D eigenvalue weighted by Crippen LogP contribution is 2.38. The second-order valence-corrected chi connectivity index (χ2v) is 13.1. The van der Waals surface area contributed by atoms with Crippen molar-refractivity contribution in [2.24, 2.45) is 4.99 Å². The number of fused-ring (bicyclic) bond motifs is 2. The first-order chi connectivity index (χ1) is 21.8.